The van der Waals surface area contributed by atoms with E-state index in [0.717, 1.165) is 0 Å². The molecule has 0 saturated heterocycles. The maximum atomic E-state index is 11.1. The zero-order valence-electron chi connectivity index (χ0n) is 9.12. The Kier molecular flexibility index (Phi) is 4.21. The van der Waals surface area contributed by atoms with Gasteiger partial charge in [0.1, 0.15) is 5.56 Å². The molecule has 0 amide bonds. The van der Waals surface area contributed by atoms with Crippen molar-refractivity contribution in [1.82, 2.24) is 4.98 Å². The summed E-state index contributed by atoms with van der Waals surface area (Å²) < 4.78 is 0. The zero-order chi connectivity index (χ0) is 14.2. The molecule has 0 unspecified atom stereocenters. The molecule has 1 aromatic heterocycles. The number of benzene rings is 1. The monoisotopic (exact) mass is 335 g/mol. The van der Waals surface area contributed by atoms with Gasteiger partial charge in [-0.1, -0.05) is 46.4 Å². The Morgan fingerprint density at radius 1 is 1.11 bits per heavy atom. The van der Waals surface area contributed by atoms with Gasteiger partial charge < -0.3 is 5.11 Å². The van der Waals surface area contributed by atoms with E-state index in [4.69, 9.17) is 51.5 Å². The van der Waals surface area contributed by atoms with Crippen LogP contribution < -0.4 is 0 Å². The van der Waals surface area contributed by atoms with Gasteiger partial charge in [0.25, 0.3) is 0 Å². The fourth-order valence-corrected chi connectivity index (χ4v) is 2.51. The second-order valence-corrected chi connectivity index (χ2v) is 5.20. The first-order chi connectivity index (χ1) is 8.91. The van der Waals surface area contributed by atoms with Gasteiger partial charge in [-0.2, -0.15) is 0 Å². The number of nitrogens with zero attached hydrogens (tertiary/aromatic N) is 1. The van der Waals surface area contributed by atoms with Gasteiger partial charge in [0.15, 0.2) is 0 Å². The lowest BCUT2D eigenvalue weighted by Gasteiger charge is -2.09. The standard InChI is InChI=1S/C12H5Cl4NO2/c13-5-1-2-7(14)6(3-5)11-10(16)9(12(18)19)8(15)4-17-11/h1-4H,(H,18,19). The molecule has 1 N–H and O–H groups in total. The Hall–Kier alpha value is -1.000. The number of carboxylic acid groups (broad SMARTS) is 1. The maximum Gasteiger partial charge on any atom is 0.338 e. The van der Waals surface area contributed by atoms with E-state index >= 15 is 0 Å². The van der Waals surface area contributed by atoms with Crippen molar-refractivity contribution < 1.29 is 9.90 Å². The van der Waals surface area contributed by atoms with E-state index < -0.39 is 5.97 Å². The minimum absolute atomic E-state index is 0.0422. The molecule has 0 bridgehead atoms. The highest BCUT2D eigenvalue weighted by Gasteiger charge is 2.20. The maximum absolute atomic E-state index is 11.1. The van der Waals surface area contributed by atoms with Crippen molar-refractivity contribution in [3.63, 3.8) is 0 Å². The Bertz CT molecular complexity index is 673. The summed E-state index contributed by atoms with van der Waals surface area (Å²) in [4.78, 5) is 15.1. The van der Waals surface area contributed by atoms with E-state index in [1.54, 1.807) is 18.2 Å². The lowest BCUT2D eigenvalue weighted by atomic mass is 10.1. The number of aromatic nitrogens is 1. The fraction of sp³-hybridized carbons (Fsp3) is 0. The Labute approximate surface area is 128 Å². The van der Waals surface area contributed by atoms with E-state index in [2.05, 4.69) is 4.98 Å². The minimum atomic E-state index is -1.24. The minimum Gasteiger partial charge on any atom is -0.478 e. The Balaban J connectivity index is 2.73. The summed E-state index contributed by atoms with van der Waals surface area (Å²) in [5.74, 6) is -1.24. The fourth-order valence-electron chi connectivity index (χ4n) is 1.53. The average Bonchev–Trinajstić information content (AvgIpc) is 2.32. The smallest absolute Gasteiger partial charge is 0.338 e. The summed E-state index contributed by atoms with van der Waals surface area (Å²) in [6, 6.07) is 4.74. The predicted molar refractivity (Wildman–Crippen MR) is 76.7 cm³/mol. The van der Waals surface area contributed by atoms with Crippen LogP contribution in [0, 0.1) is 0 Å². The highest BCUT2D eigenvalue weighted by atomic mass is 35.5. The van der Waals surface area contributed by atoms with E-state index in [0.29, 0.717) is 15.6 Å². The molecule has 0 aliphatic heterocycles. The van der Waals surface area contributed by atoms with Crippen molar-refractivity contribution in [3.05, 3.63) is 50.0 Å². The molecule has 0 atom stereocenters. The Morgan fingerprint density at radius 3 is 2.42 bits per heavy atom. The van der Waals surface area contributed by atoms with Crippen LogP contribution in [0.15, 0.2) is 24.4 Å². The first-order valence-corrected chi connectivity index (χ1v) is 6.45. The summed E-state index contributed by atoms with van der Waals surface area (Å²) >= 11 is 23.7. The molecule has 0 fully saturated rings. The predicted octanol–water partition coefficient (Wildman–Crippen LogP) is 5.06. The van der Waals surface area contributed by atoms with Crippen molar-refractivity contribution in [1.29, 1.82) is 0 Å². The number of pyridine rings is 1. The molecular formula is C12H5Cl4NO2. The van der Waals surface area contributed by atoms with Gasteiger partial charge in [0, 0.05) is 16.8 Å². The van der Waals surface area contributed by atoms with Crippen molar-refractivity contribution in [2.45, 2.75) is 0 Å². The van der Waals surface area contributed by atoms with Gasteiger partial charge in [0.05, 0.1) is 20.8 Å². The van der Waals surface area contributed by atoms with Crippen LogP contribution in [-0.2, 0) is 0 Å². The molecule has 2 rings (SSSR count). The van der Waals surface area contributed by atoms with Gasteiger partial charge >= 0.3 is 5.97 Å². The van der Waals surface area contributed by atoms with Gasteiger partial charge in [-0.25, -0.2) is 4.79 Å². The zero-order valence-corrected chi connectivity index (χ0v) is 12.1. The van der Waals surface area contributed by atoms with E-state index in [-0.39, 0.29) is 21.3 Å². The van der Waals surface area contributed by atoms with Gasteiger partial charge in [-0.15, -0.1) is 0 Å². The summed E-state index contributed by atoms with van der Waals surface area (Å²) in [5, 5.41) is 9.76. The Morgan fingerprint density at radius 2 is 1.79 bits per heavy atom. The van der Waals surface area contributed by atoms with Gasteiger partial charge in [0.2, 0.25) is 0 Å². The molecule has 1 aromatic carbocycles. The van der Waals surface area contributed by atoms with E-state index in [9.17, 15) is 4.79 Å². The largest absolute Gasteiger partial charge is 0.478 e. The molecular weight excluding hydrogens is 332 g/mol. The second-order valence-electron chi connectivity index (χ2n) is 3.57. The van der Waals surface area contributed by atoms with Crippen molar-refractivity contribution in [3.8, 4) is 11.3 Å². The van der Waals surface area contributed by atoms with Crippen LogP contribution in [0.3, 0.4) is 0 Å². The number of rotatable bonds is 2. The SMILES string of the molecule is O=C(O)c1c(Cl)cnc(-c2cc(Cl)ccc2Cl)c1Cl. The lowest BCUT2D eigenvalue weighted by Crippen LogP contribution is -2.01. The molecule has 0 saturated carbocycles. The van der Waals surface area contributed by atoms with Crippen LogP contribution in [0.25, 0.3) is 11.3 Å². The summed E-state index contributed by atoms with van der Waals surface area (Å²) in [7, 11) is 0. The number of carboxylic acids is 1. The van der Waals surface area contributed by atoms with Crippen LogP contribution >= 0.6 is 46.4 Å². The van der Waals surface area contributed by atoms with Crippen molar-refractivity contribution >= 4 is 52.4 Å². The summed E-state index contributed by atoms with van der Waals surface area (Å²) in [6.07, 6.45) is 1.21. The van der Waals surface area contributed by atoms with E-state index in [1.807, 2.05) is 0 Å². The van der Waals surface area contributed by atoms with Crippen LogP contribution in [0.5, 0.6) is 0 Å². The van der Waals surface area contributed by atoms with Crippen LogP contribution in [0.2, 0.25) is 20.1 Å². The van der Waals surface area contributed by atoms with Crippen molar-refractivity contribution in [2.75, 3.05) is 0 Å². The highest BCUT2D eigenvalue weighted by molar-refractivity contribution is 6.41. The number of hydrogen-bond acceptors (Lipinski definition) is 2. The van der Waals surface area contributed by atoms with E-state index in [1.165, 1.54) is 6.20 Å². The molecule has 7 heteroatoms. The molecule has 0 radical (unpaired) electrons. The summed E-state index contributed by atoms with van der Waals surface area (Å²) in [6.45, 7) is 0. The molecule has 3 nitrogen and oxygen atoms in total. The van der Waals surface area contributed by atoms with Crippen LogP contribution in [0.1, 0.15) is 10.4 Å². The third-order valence-electron chi connectivity index (χ3n) is 2.37. The number of hydrogen-bond donors (Lipinski definition) is 1. The first kappa shape index (κ1) is 14.4. The molecule has 19 heavy (non-hydrogen) atoms. The molecule has 98 valence electrons. The quantitative estimate of drug-likeness (QED) is 0.833. The van der Waals surface area contributed by atoms with Crippen molar-refractivity contribution in [2.24, 2.45) is 0 Å². The van der Waals surface area contributed by atoms with Crippen LogP contribution in [-0.4, -0.2) is 16.1 Å². The molecule has 0 spiro atoms. The number of carbonyl (C=O) groups is 1. The molecule has 0 aliphatic carbocycles. The molecule has 0 aliphatic rings. The molecule has 2 aromatic rings. The number of halogens is 4. The third-order valence-corrected chi connectivity index (χ3v) is 3.59. The average molecular weight is 337 g/mol. The van der Waals surface area contributed by atoms with Crippen LogP contribution in [0.4, 0.5) is 0 Å². The highest BCUT2D eigenvalue weighted by Crippen LogP contribution is 2.37. The van der Waals surface area contributed by atoms with Gasteiger partial charge in [-0.3, -0.25) is 4.98 Å². The second kappa shape index (κ2) is 5.55. The molecule has 1 heterocycles. The summed E-state index contributed by atoms with van der Waals surface area (Å²) in [5.41, 5.74) is 0.443. The topological polar surface area (TPSA) is 50.2 Å². The van der Waals surface area contributed by atoms with Gasteiger partial charge in [-0.05, 0) is 18.2 Å². The number of aromatic carboxylic acids is 1. The first-order valence-electron chi connectivity index (χ1n) is 4.94. The lowest BCUT2D eigenvalue weighted by molar-refractivity contribution is 0.0697. The third kappa shape index (κ3) is 2.79. The normalized spacial score (nSPS) is 10.5.